The zero-order valence-corrected chi connectivity index (χ0v) is 18.8. The molecule has 3 heteroatoms. The summed E-state index contributed by atoms with van der Waals surface area (Å²) in [6, 6.07) is 0.699. The van der Waals surface area contributed by atoms with E-state index in [4.69, 9.17) is 0 Å². The summed E-state index contributed by atoms with van der Waals surface area (Å²) in [5.41, 5.74) is 0.687. The highest BCUT2D eigenvalue weighted by Crippen LogP contribution is 2.40. The predicted molar refractivity (Wildman–Crippen MR) is 116 cm³/mol. The molecule has 0 amide bonds. The SMILES string of the molecule is C=CN1CCC2(CCN(C)CC2)CC1.CC.CC.CCCC(C)NC. The van der Waals surface area contributed by atoms with Crippen molar-refractivity contribution in [2.24, 2.45) is 5.41 Å². The predicted octanol–water partition coefficient (Wildman–Crippen LogP) is 5.38. The average molecular weight is 356 g/mol. The summed E-state index contributed by atoms with van der Waals surface area (Å²) in [6.07, 6.45) is 10.2. The van der Waals surface area contributed by atoms with Crippen LogP contribution in [0.5, 0.6) is 0 Å². The number of hydrogen-bond donors (Lipinski definition) is 1. The molecule has 0 aromatic carbocycles. The summed E-state index contributed by atoms with van der Waals surface area (Å²) in [4.78, 5) is 4.83. The van der Waals surface area contributed by atoms with E-state index in [9.17, 15) is 0 Å². The highest BCUT2D eigenvalue weighted by molar-refractivity contribution is 4.91. The van der Waals surface area contributed by atoms with Crippen molar-refractivity contribution in [1.82, 2.24) is 15.1 Å². The van der Waals surface area contributed by atoms with Crippen molar-refractivity contribution in [2.75, 3.05) is 40.3 Å². The molecule has 152 valence electrons. The van der Waals surface area contributed by atoms with Crippen molar-refractivity contribution < 1.29 is 0 Å². The Hall–Kier alpha value is -0.540. The van der Waals surface area contributed by atoms with Gasteiger partial charge < -0.3 is 15.1 Å². The van der Waals surface area contributed by atoms with Crippen LogP contribution in [-0.4, -0.2) is 56.1 Å². The Morgan fingerprint density at radius 3 is 1.76 bits per heavy atom. The maximum absolute atomic E-state index is 3.85. The summed E-state index contributed by atoms with van der Waals surface area (Å²) in [7, 11) is 4.24. The van der Waals surface area contributed by atoms with Gasteiger partial charge in [-0.3, -0.25) is 0 Å². The van der Waals surface area contributed by atoms with Crippen LogP contribution < -0.4 is 5.32 Å². The first kappa shape index (κ1) is 26.7. The van der Waals surface area contributed by atoms with Gasteiger partial charge in [0.05, 0.1) is 0 Å². The lowest BCUT2D eigenvalue weighted by Crippen LogP contribution is -2.44. The Bertz CT molecular complexity index is 273. The number of rotatable bonds is 4. The normalized spacial score (nSPS) is 20.1. The highest BCUT2D eigenvalue weighted by Gasteiger charge is 2.35. The number of nitrogens with zero attached hydrogens (tertiary/aromatic N) is 2. The van der Waals surface area contributed by atoms with Gasteiger partial charge in [-0.25, -0.2) is 0 Å². The standard InChI is InChI=1S/C12H22N2.C6H15N.2C2H6/c1-3-14-10-6-12(7-11-14)4-8-13(2)9-5-12;1-4-5-6(2)7-3;2*1-2/h3H,1,4-11H2,2H3;6-7H,4-5H2,1-3H3;2*1-2H3. The van der Waals surface area contributed by atoms with E-state index in [1.165, 1.54) is 64.7 Å². The van der Waals surface area contributed by atoms with Gasteiger partial charge in [0.15, 0.2) is 0 Å². The maximum Gasteiger partial charge on any atom is 0.0177 e. The van der Waals surface area contributed by atoms with Crippen LogP contribution in [0.4, 0.5) is 0 Å². The van der Waals surface area contributed by atoms with E-state index in [0.717, 1.165) is 0 Å². The third-order valence-corrected chi connectivity index (χ3v) is 5.38. The van der Waals surface area contributed by atoms with Gasteiger partial charge in [0.1, 0.15) is 0 Å². The second kappa shape index (κ2) is 16.9. The fourth-order valence-electron chi connectivity index (χ4n) is 3.35. The Balaban J connectivity index is 0. The molecule has 0 aromatic rings. The minimum Gasteiger partial charge on any atom is -0.378 e. The number of likely N-dealkylation sites (tertiary alicyclic amines) is 2. The number of nitrogens with one attached hydrogen (secondary N) is 1. The Morgan fingerprint density at radius 1 is 1.00 bits per heavy atom. The second-order valence-electron chi connectivity index (χ2n) is 7.00. The molecule has 0 aromatic heterocycles. The van der Waals surface area contributed by atoms with Crippen molar-refractivity contribution >= 4 is 0 Å². The Labute approximate surface area is 160 Å². The Morgan fingerprint density at radius 2 is 1.44 bits per heavy atom. The highest BCUT2D eigenvalue weighted by atomic mass is 15.1. The van der Waals surface area contributed by atoms with E-state index < -0.39 is 0 Å². The minimum absolute atomic E-state index is 0.687. The number of hydrogen-bond acceptors (Lipinski definition) is 3. The molecule has 2 heterocycles. The lowest BCUT2D eigenvalue weighted by molar-refractivity contribution is 0.0582. The molecule has 1 spiro atoms. The van der Waals surface area contributed by atoms with Gasteiger partial charge in [0.25, 0.3) is 0 Å². The van der Waals surface area contributed by atoms with Crippen LogP contribution in [-0.2, 0) is 0 Å². The van der Waals surface area contributed by atoms with Crippen LogP contribution in [0.1, 0.15) is 80.1 Å². The molecule has 2 fully saturated rings. The summed E-state index contributed by atoms with van der Waals surface area (Å²) < 4.78 is 0. The summed E-state index contributed by atoms with van der Waals surface area (Å²) in [5, 5.41) is 3.17. The van der Waals surface area contributed by atoms with Crippen molar-refractivity contribution in [2.45, 2.75) is 86.1 Å². The molecule has 1 atom stereocenters. The van der Waals surface area contributed by atoms with Gasteiger partial charge in [-0.15, -0.1) is 0 Å². The zero-order valence-electron chi connectivity index (χ0n) is 18.8. The fraction of sp³-hybridized carbons (Fsp3) is 0.909. The van der Waals surface area contributed by atoms with Gasteiger partial charge in [-0.05, 0) is 77.8 Å². The molecular weight excluding hydrogens is 306 g/mol. The first-order valence-corrected chi connectivity index (χ1v) is 10.8. The topological polar surface area (TPSA) is 18.5 Å². The smallest absolute Gasteiger partial charge is 0.0177 e. The van der Waals surface area contributed by atoms with Gasteiger partial charge in [0, 0.05) is 19.1 Å². The molecule has 25 heavy (non-hydrogen) atoms. The van der Waals surface area contributed by atoms with Crippen molar-refractivity contribution in [1.29, 1.82) is 0 Å². The fourth-order valence-corrected chi connectivity index (χ4v) is 3.35. The molecular formula is C22H49N3. The second-order valence-corrected chi connectivity index (χ2v) is 7.00. The molecule has 0 aliphatic carbocycles. The average Bonchev–Trinajstić information content (AvgIpc) is 2.69. The zero-order chi connectivity index (χ0) is 19.7. The van der Waals surface area contributed by atoms with E-state index in [2.05, 4.69) is 42.6 Å². The number of piperidine rings is 2. The molecule has 2 rings (SSSR count). The van der Waals surface area contributed by atoms with Gasteiger partial charge >= 0.3 is 0 Å². The van der Waals surface area contributed by atoms with Crippen LogP contribution in [0.3, 0.4) is 0 Å². The molecule has 2 aliphatic heterocycles. The van der Waals surface area contributed by atoms with Gasteiger partial charge in [0.2, 0.25) is 0 Å². The third kappa shape index (κ3) is 11.6. The first-order chi connectivity index (χ1) is 12.0. The largest absolute Gasteiger partial charge is 0.378 e. The van der Waals surface area contributed by atoms with Crippen LogP contribution in [0.15, 0.2) is 12.8 Å². The van der Waals surface area contributed by atoms with Crippen molar-refractivity contribution in [3.63, 3.8) is 0 Å². The quantitative estimate of drug-likeness (QED) is 0.730. The minimum atomic E-state index is 0.687. The molecule has 1 N–H and O–H groups in total. The third-order valence-electron chi connectivity index (χ3n) is 5.38. The lowest BCUT2D eigenvalue weighted by atomic mass is 9.71. The van der Waals surface area contributed by atoms with Crippen LogP contribution in [0, 0.1) is 5.41 Å². The molecule has 3 nitrogen and oxygen atoms in total. The van der Waals surface area contributed by atoms with Crippen molar-refractivity contribution in [3.05, 3.63) is 12.8 Å². The van der Waals surface area contributed by atoms with E-state index in [1.54, 1.807) is 0 Å². The van der Waals surface area contributed by atoms with Crippen molar-refractivity contribution in [3.8, 4) is 0 Å². The molecule has 0 saturated carbocycles. The first-order valence-electron chi connectivity index (χ1n) is 10.8. The van der Waals surface area contributed by atoms with Gasteiger partial charge in [-0.2, -0.15) is 0 Å². The van der Waals surface area contributed by atoms with E-state index in [1.807, 2.05) is 40.9 Å². The van der Waals surface area contributed by atoms with Crippen LogP contribution in [0.25, 0.3) is 0 Å². The molecule has 2 saturated heterocycles. The van der Waals surface area contributed by atoms with E-state index >= 15 is 0 Å². The van der Waals surface area contributed by atoms with Gasteiger partial charge in [-0.1, -0.05) is 47.6 Å². The summed E-state index contributed by atoms with van der Waals surface area (Å²) >= 11 is 0. The lowest BCUT2D eigenvalue weighted by Gasteiger charge is -2.46. The molecule has 2 aliphatic rings. The van der Waals surface area contributed by atoms with E-state index in [0.29, 0.717) is 11.5 Å². The molecule has 0 radical (unpaired) electrons. The van der Waals surface area contributed by atoms with E-state index in [-0.39, 0.29) is 0 Å². The van der Waals surface area contributed by atoms with Crippen LogP contribution >= 0.6 is 0 Å². The van der Waals surface area contributed by atoms with Crippen LogP contribution in [0.2, 0.25) is 0 Å². The Kier molecular flexibility index (Phi) is 18.0. The summed E-state index contributed by atoms with van der Waals surface area (Å²) in [5.74, 6) is 0. The maximum atomic E-state index is 3.85. The molecule has 0 bridgehead atoms. The summed E-state index contributed by atoms with van der Waals surface area (Å²) in [6.45, 7) is 21.3. The molecule has 1 unspecified atom stereocenters. The monoisotopic (exact) mass is 355 g/mol.